The maximum atomic E-state index is 11.7. The summed E-state index contributed by atoms with van der Waals surface area (Å²) in [5.74, 6) is 0.900. The lowest BCUT2D eigenvalue weighted by Crippen LogP contribution is -2.30. The Kier molecular flexibility index (Phi) is 4.40. The molecule has 1 aliphatic rings. The summed E-state index contributed by atoms with van der Waals surface area (Å²) < 4.78 is 30.4. The summed E-state index contributed by atoms with van der Waals surface area (Å²) in [6.07, 6.45) is 2.37. The number of pyridine rings is 1. The predicted octanol–water partition coefficient (Wildman–Crippen LogP) is 2.16. The zero-order valence-electron chi connectivity index (χ0n) is 12.2. The van der Waals surface area contributed by atoms with Crippen molar-refractivity contribution >= 4 is 10.0 Å². The average molecular weight is 318 g/mol. The highest BCUT2D eigenvalue weighted by atomic mass is 32.2. The molecule has 1 aromatic carbocycles. The van der Waals surface area contributed by atoms with Gasteiger partial charge in [0.15, 0.2) is 0 Å². The van der Waals surface area contributed by atoms with Crippen LogP contribution in [0.25, 0.3) is 11.3 Å². The molecule has 1 aliphatic heterocycles. The van der Waals surface area contributed by atoms with E-state index in [2.05, 4.69) is 4.98 Å². The maximum absolute atomic E-state index is 11.7. The Morgan fingerprint density at radius 2 is 1.95 bits per heavy atom. The summed E-state index contributed by atoms with van der Waals surface area (Å²) in [6.45, 7) is 1.32. The first-order valence-corrected chi connectivity index (χ1v) is 8.88. The molecule has 22 heavy (non-hydrogen) atoms. The van der Waals surface area contributed by atoms with E-state index in [0.29, 0.717) is 31.9 Å². The molecule has 0 N–H and O–H groups in total. The lowest BCUT2D eigenvalue weighted by atomic mass is 10.1. The summed E-state index contributed by atoms with van der Waals surface area (Å²) in [5.41, 5.74) is 1.94. The van der Waals surface area contributed by atoms with Crippen LogP contribution in [-0.2, 0) is 10.0 Å². The molecule has 1 aromatic heterocycles. The number of sulfonamides is 1. The van der Waals surface area contributed by atoms with Gasteiger partial charge in [0.1, 0.15) is 12.4 Å². The van der Waals surface area contributed by atoms with E-state index in [1.165, 1.54) is 4.31 Å². The van der Waals surface area contributed by atoms with Gasteiger partial charge in [-0.05, 0) is 18.6 Å². The number of hydrogen-bond donors (Lipinski definition) is 0. The third-order valence-corrected chi connectivity index (χ3v) is 5.58. The maximum Gasteiger partial charge on any atom is 0.214 e. The highest BCUT2D eigenvalue weighted by Gasteiger charge is 2.27. The van der Waals surface area contributed by atoms with E-state index < -0.39 is 10.0 Å². The number of aromatic nitrogens is 1. The molecule has 0 bridgehead atoms. The molecule has 1 saturated heterocycles. The lowest BCUT2D eigenvalue weighted by Gasteiger charge is -2.14. The van der Waals surface area contributed by atoms with E-state index >= 15 is 0 Å². The Bertz CT molecular complexity index is 715. The first-order valence-electron chi connectivity index (χ1n) is 7.27. The molecule has 3 rings (SSSR count). The molecule has 0 spiro atoms. The summed E-state index contributed by atoms with van der Waals surface area (Å²) >= 11 is 0. The van der Waals surface area contributed by atoms with Crippen LogP contribution in [-0.4, -0.2) is 43.2 Å². The fraction of sp³-hybridized carbons (Fsp3) is 0.312. The Morgan fingerprint density at radius 1 is 1.14 bits per heavy atom. The Morgan fingerprint density at radius 3 is 2.59 bits per heavy atom. The Labute approximate surface area is 130 Å². The molecule has 6 heteroatoms. The summed E-state index contributed by atoms with van der Waals surface area (Å²) in [7, 11) is -3.05. The van der Waals surface area contributed by atoms with Gasteiger partial charge < -0.3 is 4.74 Å². The second-order valence-electron chi connectivity index (χ2n) is 5.16. The van der Waals surface area contributed by atoms with Crippen molar-refractivity contribution in [3.8, 4) is 17.0 Å². The van der Waals surface area contributed by atoms with Crippen LogP contribution >= 0.6 is 0 Å². The molecular weight excluding hydrogens is 300 g/mol. The largest absolute Gasteiger partial charge is 0.491 e. The van der Waals surface area contributed by atoms with E-state index in [0.717, 1.165) is 11.3 Å². The highest BCUT2D eigenvalue weighted by Crippen LogP contribution is 2.19. The smallest absolute Gasteiger partial charge is 0.214 e. The van der Waals surface area contributed by atoms with Crippen molar-refractivity contribution in [3.05, 3.63) is 48.7 Å². The van der Waals surface area contributed by atoms with Gasteiger partial charge in [0.05, 0.1) is 17.6 Å². The van der Waals surface area contributed by atoms with E-state index in [9.17, 15) is 8.42 Å². The van der Waals surface area contributed by atoms with Crippen LogP contribution in [0.1, 0.15) is 6.42 Å². The quantitative estimate of drug-likeness (QED) is 0.847. The Balaban J connectivity index is 1.56. The van der Waals surface area contributed by atoms with Crippen LogP contribution in [0.5, 0.6) is 5.75 Å². The Hall–Kier alpha value is -1.92. The van der Waals surface area contributed by atoms with Crippen molar-refractivity contribution in [2.75, 3.05) is 25.4 Å². The molecule has 0 amide bonds. The van der Waals surface area contributed by atoms with Gasteiger partial charge >= 0.3 is 0 Å². The number of nitrogens with zero attached hydrogens (tertiary/aromatic N) is 2. The third kappa shape index (κ3) is 3.45. The molecule has 0 unspecified atom stereocenters. The number of benzene rings is 1. The number of hydrogen-bond acceptors (Lipinski definition) is 4. The van der Waals surface area contributed by atoms with E-state index in [1.54, 1.807) is 6.20 Å². The topological polar surface area (TPSA) is 59.5 Å². The molecule has 0 radical (unpaired) electrons. The zero-order chi connectivity index (χ0) is 15.4. The first kappa shape index (κ1) is 15.0. The molecule has 1 fully saturated rings. The van der Waals surface area contributed by atoms with Crippen molar-refractivity contribution < 1.29 is 13.2 Å². The molecule has 116 valence electrons. The molecule has 0 aliphatic carbocycles. The second-order valence-corrected chi connectivity index (χ2v) is 7.25. The van der Waals surface area contributed by atoms with E-state index in [1.807, 2.05) is 42.5 Å². The minimum atomic E-state index is -3.05. The monoisotopic (exact) mass is 318 g/mol. The highest BCUT2D eigenvalue weighted by molar-refractivity contribution is 7.89. The van der Waals surface area contributed by atoms with Gasteiger partial charge in [-0.3, -0.25) is 4.98 Å². The summed E-state index contributed by atoms with van der Waals surface area (Å²) in [6, 6.07) is 13.7. The van der Waals surface area contributed by atoms with Gasteiger partial charge in [0, 0.05) is 18.7 Å². The second kappa shape index (κ2) is 6.46. The fourth-order valence-corrected chi connectivity index (χ4v) is 3.97. The molecule has 2 aromatic rings. The van der Waals surface area contributed by atoms with Crippen LogP contribution in [0.2, 0.25) is 0 Å². The SMILES string of the molecule is O=S1(=O)CCCN1CCOc1ccc(-c2ccccc2)nc1. The van der Waals surface area contributed by atoms with Crippen LogP contribution in [0.4, 0.5) is 0 Å². The number of rotatable bonds is 5. The van der Waals surface area contributed by atoms with E-state index in [4.69, 9.17) is 4.74 Å². The van der Waals surface area contributed by atoms with Crippen molar-refractivity contribution in [1.82, 2.24) is 9.29 Å². The van der Waals surface area contributed by atoms with Gasteiger partial charge in [0.25, 0.3) is 0 Å². The third-order valence-electron chi connectivity index (χ3n) is 3.62. The van der Waals surface area contributed by atoms with Gasteiger partial charge in [0.2, 0.25) is 10.0 Å². The molecule has 0 atom stereocenters. The summed E-state index contributed by atoms with van der Waals surface area (Å²) in [4.78, 5) is 4.37. The van der Waals surface area contributed by atoms with Gasteiger partial charge in [-0.2, -0.15) is 4.31 Å². The van der Waals surface area contributed by atoms with Crippen LogP contribution in [0, 0.1) is 0 Å². The minimum absolute atomic E-state index is 0.250. The van der Waals surface area contributed by atoms with Gasteiger partial charge in [-0.25, -0.2) is 8.42 Å². The predicted molar refractivity (Wildman–Crippen MR) is 85.1 cm³/mol. The molecule has 5 nitrogen and oxygen atoms in total. The number of ether oxygens (including phenoxy) is 1. The van der Waals surface area contributed by atoms with E-state index in [-0.39, 0.29) is 5.75 Å². The van der Waals surface area contributed by atoms with Crippen molar-refractivity contribution in [1.29, 1.82) is 0 Å². The molecular formula is C16H18N2O3S. The van der Waals surface area contributed by atoms with Crippen LogP contribution in [0.15, 0.2) is 48.7 Å². The van der Waals surface area contributed by atoms with Crippen molar-refractivity contribution in [2.24, 2.45) is 0 Å². The first-order chi connectivity index (χ1) is 10.6. The summed E-state index contributed by atoms with van der Waals surface area (Å²) in [5, 5.41) is 0. The average Bonchev–Trinajstić information content (AvgIpc) is 2.88. The minimum Gasteiger partial charge on any atom is -0.491 e. The molecule has 2 heterocycles. The van der Waals surface area contributed by atoms with Gasteiger partial charge in [-0.1, -0.05) is 30.3 Å². The molecule has 0 saturated carbocycles. The van der Waals surface area contributed by atoms with Crippen molar-refractivity contribution in [3.63, 3.8) is 0 Å². The standard InChI is InChI=1S/C16H18N2O3S/c19-22(20)12-4-9-18(22)10-11-21-15-7-8-16(17-13-15)14-5-2-1-3-6-14/h1-3,5-8,13H,4,9-12H2. The normalized spacial score (nSPS) is 17.5. The van der Waals surface area contributed by atoms with Crippen LogP contribution in [0.3, 0.4) is 0 Å². The lowest BCUT2D eigenvalue weighted by molar-refractivity contribution is 0.278. The zero-order valence-corrected chi connectivity index (χ0v) is 13.0. The van der Waals surface area contributed by atoms with Crippen LogP contribution < -0.4 is 4.74 Å². The fourth-order valence-electron chi connectivity index (χ4n) is 2.45. The van der Waals surface area contributed by atoms with Gasteiger partial charge in [-0.15, -0.1) is 0 Å². The van der Waals surface area contributed by atoms with Crippen molar-refractivity contribution in [2.45, 2.75) is 6.42 Å².